The van der Waals surface area contributed by atoms with Crippen molar-refractivity contribution in [2.45, 2.75) is 26.8 Å². The van der Waals surface area contributed by atoms with E-state index in [1.807, 2.05) is 0 Å². The van der Waals surface area contributed by atoms with Crippen LogP contribution in [0.2, 0.25) is 0 Å². The Bertz CT molecular complexity index is 366. The molecule has 1 fully saturated rings. The molecule has 5 heteroatoms. The molecule has 0 saturated carbocycles. The van der Waals surface area contributed by atoms with Crippen LogP contribution >= 0.6 is 0 Å². The zero-order valence-electron chi connectivity index (χ0n) is 10.4. The van der Waals surface area contributed by atoms with E-state index in [-0.39, 0.29) is 11.3 Å². The van der Waals surface area contributed by atoms with E-state index in [1.165, 1.54) is 0 Å². The maximum atomic E-state index is 12.3. The van der Waals surface area contributed by atoms with Crippen molar-refractivity contribution in [1.29, 1.82) is 0 Å². The first kappa shape index (κ1) is 12.1. The maximum Gasteiger partial charge on any atom is 0.228 e. The third-order valence-corrected chi connectivity index (χ3v) is 3.75. The van der Waals surface area contributed by atoms with Crippen molar-refractivity contribution in [3.05, 3.63) is 18.0 Å². The number of hydrogen-bond donors (Lipinski definition) is 3. The molecule has 2 heterocycles. The molecular weight excluding hydrogens is 216 g/mol. The van der Waals surface area contributed by atoms with E-state index in [0.29, 0.717) is 12.5 Å². The minimum Gasteiger partial charge on any atom is -0.351 e. The highest BCUT2D eigenvalue weighted by Crippen LogP contribution is 2.34. The summed E-state index contributed by atoms with van der Waals surface area (Å²) in [4.78, 5) is 12.3. The molecule has 94 valence electrons. The summed E-state index contributed by atoms with van der Waals surface area (Å²) in [7, 11) is 0. The lowest BCUT2D eigenvalue weighted by molar-refractivity contribution is -0.132. The van der Waals surface area contributed by atoms with Crippen LogP contribution in [0.1, 0.15) is 25.8 Å². The summed E-state index contributed by atoms with van der Waals surface area (Å²) in [5, 5.41) is 12.9. The van der Waals surface area contributed by atoms with Crippen LogP contribution < -0.4 is 10.6 Å². The molecule has 1 aromatic rings. The van der Waals surface area contributed by atoms with Crippen LogP contribution in [0, 0.1) is 11.3 Å². The summed E-state index contributed by atoms with van der Waals surface area (Å²) in [5.74, 6) is 0.501. The Balaban J connectivity index is 1.98. The van der Waals surface area contributed by atoms with Crippen LogP contribution in [-0.4, -0.2) is 29.2 Å². The van der Waals surface area contributed by atoms with Gasteiger partial charge < -0.3 is 10.6 Å². The Morgan fingerprint density at radius 3 is 3.00 bits per heavy atom. The van der Waals surface area contributed by atoms with Crippen LogP contribution in [0.4, 0.5) is 0 Å². The molecule has 1 aromatic heterocycles. The third-order valence-electron chi connectivity index (χ3n) is 3.75. The number of carbonyl (C=O) groups is 1. The topological polar surface area (TPSA) is 69.8 Å². The molecule has 0 aromatic carbocycles. The van der Waals surface area contributed by atoms with Crippen molar-refractivity contribution in [3.8, 4) is 0 Å². The predicted octanol–water partition coefficient (Wildman–Crippen LogP) is 0.662. The van der Waals surface area contributed by atoms with Crippen molar-refractivity contribution in [1.82, 2.24) is 20.8 Å². The molecule has 1 aliphatic rings. The minimum atomic E-state index is -0.246. The number of amides is 1. The monoisotopic (exact) mass is 236 g/mol. The van der Waals surface area contributed by atoms with E-state index in [2.05, 4.69) is 34.7 Å². The number of aromatic amines is 1. The predicted molar refractivity (Wildman–Crippen MR) is 65.2 cm³/mol. The average molecular weight is 236 g/mol. The highest BCUT2D eigenvalue weighted by Gasteiger charge is 2.43. The quantitative estimate of drug-likeness (QED) is 0.719. The Morgan fingerprint density at radius 2 is 2.47 bits per heavy atom. The summed E-state index contributed by atoms with van der Waals surface area (Å²) in [6, 6.07) is 0. The second kappa shape index (κ2) is 4.87. The normalized spacial score (nSPS) is 24.2. The lowest BCUT2D eigenvalue weighted by atomic mass is 9.75. The van der Waals surface area contributed by atoms with Gasteiger partial charge in [-0.1, -0.05) is 13.8 Å². The van der Waals surface area contributed by atoms with Gasteiger partial charge in [0.2, 0.25) is 5.91 Å². The molecule has 0 spiro atoms. The first-order valence-corrected chi connectivity index (χ1v) is 6.12. The van der Waals surface area contributed by atoms with Gasteiger partial charge in [-0.3, -0.25) is 9.89 Å². The molecule has 0 aliphatic carbocycles. The summed E-state index contributed by atoms with van der Waals surface area (Å²) in [5.41, 5.74) is 0.757. The van der Waals surface area contributed by atoms with Crippen LogP contribution in [0.25, 0.3) is 0 Å². The SMILES string of the molecule is CC(C)C1(C(=O)NCc2cn[nH]c2)CCNC1. The Hall–Kier alpha value is -1.36. The minimum absolute atomic E-state index is 0.152. The Labute approximate surface area is 101 Å². The molecular formula is C12H20N4O. The Morgan fingerprint density at radius 1 is 1.65 bits per heavy atom. The molecule has 1 aliphatic heterocycles. The molecule has 1 amide bonds. The van der Waals surface area contributed by atoms with Gasteiger partial charge in [-0.25, -0.2) is 0 Å². The van der Waals surface area contributed by atoms with E-state index in [1.54, 1.807) is 12.4 Å². The second-order valence-corrected chi connectivity index (χ2v) is 5.03. The molecule has 1 unspecified atom stereocenters. The van der Waals surface area contributed by atoms with Crippen molar-refractivity contribution in [2.75, 3.05) is 13.1 Å². The van der Waals surface area contributed by atoms with E-state index in [4.69, 9.17) is 0 Å². The van der Waals surface area contributed by atoms with E-state index < -0.39 is 0 Å². The van der Waals surface area contributed by atoms with Gasteiger partial charge in [0.25, 0.3) is 0 Å². The number of nitrogens with one attached hydrogen (secondary N) is 3. The number of H-pyrrole nitrogens is 1. The van der Waals surface area contributed by atoms with Crippen LogP contribution in [0.3, 0.4) is 0 Å². The molecule has 0 bridgehead atoms. The molecule has 1 atom stereocenters. The van der Waals surface area contributed by atoms with Gasteiger partial charge >= 0.3 is 0 Å². The first-order valence-electron chi connectivity index (χ1n) is 6.12. The molecule has 0 radical (unpaired) electrons. The maximum absolute atomic E-state index is 12.3. The molecule has 3 N–H and O–H groups in total. The lowest BCUT2D eigenvalue weighted by Crippen LogP contribution is -2.45. The molecule has 17 heavy (non-hydrogen) atoms. The average Bonchev–Trinajstić information content (AvgIpc) is 2.97. The van der Waals surface area contributed by atoms with Gasteiger partial charge in [0, 0.05) is 24.8 Å². The highest BCUT2D eigenvalue weighted by atomic mass is 16.2. The van der Waals surface area contributed by atoms with E-state index in [0.717, 1.165) is 25.1 Å². The summed E-state index contributed by atoms with van der Waals surface area (Å²) < 4.78 is 0. The molecule has 1 saturated heterocycles. The highest BCUT2D eigenvalue weighted by molar-refractivity contribution is 5.83. The number of nitrogens with zero attached hydrogens (tertiary/aromatic N) is 1. The zero-order chi connectivity index (χ0) is 12.3. The van der Waals surface area contributed by atoms with Gasteiger partial charge in [0.05, 0.1) is 11.6 Å². The van der Waals surface area contributed by atoms with Gasteiger partial charge in [-0.05, 0) is 18.9 Å². The fraction of sp³-hybridized carbons (Fsp3) is 0.667. The smallest absolute Gasteiger partial charge is 0.228 e. The van der Waals surface area contributed by atoms with E-state index >= 15 is 0 Å². The van der Waals surface area contributed by atoms with Crippen molar-refractivity contribution >= 4 is 5.91 Å². The number of aromatic nitrogens is 2. The number of carbonyl (C=O) groups excluding carboxylic acids is 1. The van der Waals surface area contributed by atoms with Gasteiger partial charge in [0.1, 0.15) is 0 Å². The largest absolute Gasteiger partial charge is 0.351 e. The number of rotatable bonds is 4. The fourth-order valence-corrected chi connectivity index (χ4v) is 2.39. The van der Waals surface area contributed by atoms with Crippen molar-refractivity contribution in [3.63, 3.8) is 0 Å². The molecule has 5 nitrogen and oxygen atoms in total. The molecule has 2 rings (SSSR count). The summed E-state index contributed by atoms with van der Waals surface area (Å²) in [6.45, 7) is 6.48. The van der Waals surface area contributed by atoms with Gasteiger partial charge in [-0.15, -0.1) is 0 Å². The van der Waals surface area contributed by atoms with Crippen molar-refractivity contribution in [2.24, 2.45) is 11.3 Å². The summed E-state index contributed by atoms with van der Waals surface area (Å²) >= 11 is 0. The van der Waals surface area contributed by atoms with Gasteiger partial charge in [0.15, 0.2) is 0 Å². The van der Waals surface area contributed by atoms with Gasteiger partial charge in [-0.2, -0.15) is 5.10 Å². The first-order chi connectivity index (χ1) is 8.15. The second-order valence-electron chi connectivity index (χ2n) is 5.03. The van der Waals surface area contributed by atoms with E-state index in [9.17, 15) is 4.79 Å². The van der Waals surface area contributed by atoms with Crippen LogP contribution in [-0.2, 0) is 11.3 Å². The zero-order valence-corrected chi connectivity index (χ0v) is 10.4. The van der Waals surface area contributed by atoms with Crippen LogP contribution in [0.5, 0.6) is 0 Å². The fourth-order valence-electron chi connectivity index (χ4n) is 2.39. The third kappa shape index (κ3) is 2.34. The van der Waals surface area contributed by atoms with Crippen molar-refractivity contribution < 1.29 is 4.79 Å². The number of hydrogen-bond acceptors (Lipinski definition) is 3. The standard InChI is InChI=1S/C12H20N4O/c1-9(2)12(3-4-13-8-12)11(17)14-5-10-6-15-16-7-10/h6-7,9,13H,3-5,8H2,1-2H3,(H,14,17)(H,15,16). The van der Waals surface area contributed by atoms with Crippen LogP contribution in [0.15, 0.2) is 12.4 Å². The summed E-state index contributed by atoms with van der Waals surface area (Å²) in [6.07, 6.45) is 4.45. The lowest BCUT2D eigenvalue weighted by Gasteiger charge is -2.31. The Kier molecular flexibility index (Phi) is 3.47.